The van der Waals surface area contributed by atoms with Crippen LogP contribution in [0.4, 0.5) is 5.95 Å². The van der Waals surface area contributed by atoms with Crippen LogP contribution in [0, 0.1) is 0 Å². The first-order chi connectivity index (χ1) is 8.69. The number of pyridine rings is 1. The van der Waals surface area contributed by atoms with Crippen molar-refractivity contribution in [3.8, 4) is 0 Å². The molecular formula is C12H16ClN5. The molecule has 0 radical (unpaired) electrons. The lowest BCUT2D eigenvalue weighted by atomic mass is 10.2. The summed E-state index contributed by atoms with van der Waals surface area (Å²) in [4.78, 5) is 8.27. The average molecular weight is 266 g/mol. The maximum absolute atomic E-state index is 5.83. The van der Waals surface area contributed by atoms with Crippen molar-refractivity contribution in [3.05, 3.63) is 34.9 Å². The molecule has 0 amide bonds. The van der Waals surface area contributed by atoms with Gasteiger partial charge in [0, 0.05) is 12.6 Å². The van der Waals surface area contributed by atoms with E-state index in [1.807, 2.05) is 6.07 Å². The molecule has 0 spiro atoms. The molecule has 6 heteroatoms. The summed E-state index contributed by atoms with van der Waals surface area (Å²) in [6.07, 6.45) is 4.78. The van der Waals surface area contributed by atoms with Gasteiger partial charge < -0.3 is 5.73 Å². The molecule has 0 saturated carbocycles. The molecule has 0 aliphatic carbocycles. The van der Waals surface area contributed by atoms with Crippen molar-refractivity contribution in [2.75, 3.05) is 5.73 Å². The van der Waals surface area contributed by atoms with Gasteiger partial charge in [0.25, 0.3) is 0 Å². The SMILES string of the molecule is CCCCc1nc(N)n(Cc2ccc(Cl)nc2)n1. The van der Waals surface area contributed by atoms with E-state index in [1.54, 1.807) is 16.9 Å². The summed E-state index contributed by atoms with van der Waals surface area (Å²) in [6, 6.07) is 3.66. The predicted octanol–water partition coefficient (Wildman–Crippen LogP) is 2.30. The van der Waals surface area contributed by atoms with Crippen molar-refractivity contribution in [1.29, 1.82) is 0 Å². The minimum atomic E-state index is 0.441. The number of unbranched alkanes of at least 4 members (excludes halogenated alkanes) is 1. The van der Waals surface area contributed by atoms with Gasteiger partial charge in [0.2, 0.25) is 5.95 Å². The molecule has 2 rings (SSSR count). The maximum atomic E-state index is 5.83. The molecular weight excluding hydrogens is 250 g/mol. The van der Waals surface area contributed by atoms with Gasteiger partial charge in [-0.15, -0.1) is 0 Å². The normalized spacial score (nSPS) is 10.8. The highest BCUT2D eigenvalue weighted by atomic mass is 35.5. The van der Waals surface area contributed by atoms with Crippen LogP contribution in [0.1, 0.15) is 31.2 Å². The van der Waals surface area contributed by atoms with E-state index in [2.05, 4.69) is 22.0 Å². The number of rotatable bonds is 5. The number of aromatic nitrogens is 4. The Hall–Kier alpha value is -1.62. The van der Waals surface area contributed by atoms with E-state index in [0.717, 1.165) is 30.7 Å². The van der Waals surface area contributed by atoms with E-state index in [4.69, 9.17) is 17.3 Å². The van der Waals surface area contributed by atoms with Gasteiger partial charge in [-0.2, -0.15) is 10.1 Å². The lowest BCUT2D eigenvalue weighted by Gasteiger charge is -2.02. The fourth-order valence-electron chi connectivity index (χ4n) is 1.63. The van der Waals surface area contributed by atoms with Crippen molar-refractivity contribution in [3.63, 3.8) is 0 Å². The smallest absolute Gasteiger partial charge is 0.219 e. The third-order valence-corrected chi connectivity index (χ3v) is 2.84. The van der Waals surface area contributed by atoms with Crippen LogP contribution in [0.3, 0.4) is 0 Å². The molecule has 0 aromatic carbocycles. The van der Waals surface area contributed by atoms with E-state index in [-0.39, 0.29) is 0 Å². The molecule has 0 atom stereocenters. The van der Waals surface area contributed by atoms with Gasteiger partial charge in [0.1, 0.15) is 5.15 Å². The fraction of sp³-hybridized carbons (Fsp3) is 0.417. The van der Waals surface area contributed by atoms with Gasteiger partial charge in [-0.05, 0) is 18.1 Å². The summed E-state index contributed by atoms with van der Waals surface area (Å²) >= 11 is 5.74. The van der Waals surface area contributed by atoms with Crippen LogP contribution in [-0.2, 0) is 13.0 Å². The van der Waals surface area contributed by atoms with Crippen molar-refractivity contribution < 1.29 is 0 Å². The second kappa shape index (κ2) is 5.82. The number of hydrogen-bond donors (Lipinski definition) is 1. The lowest BCUT2D eigenvalue weighted by molar-refractivity contribution is 0.666. The average Bonchev–Trinajstić information content (AvgIpc) is 2.70. The number of anilines is 1. The van der Waals surface area contributed by atoms with Crippen molar-refractivity contribution in [2.45, 2.75) is 32.7 Å². The summed E-state index contributed by atoms with van der Waals surface area (Å²) in [5, 5.41) is 4.87. The zero-order valence-electron chi connectivity index (χ0n) is 10.3. The second-order valence-corrected chi connectivity index (χ2v) is 4.52. The molecule has 0 bridgehead atoms. The molecule has 18 heavy (non-hydrogen) atoms. The van der Waals surface area contributed by atoms with E-state index in [9.17, 15) is 0 Å². The lowest BCUT2D eigenvalue weighted by Crippen LogP contribution is -2.06. The first-order valence-electron chi connectivity index (χ1n) is 5.98. The maximum Gasteiger partial charge on any atom is 0.219 e. The Morgan fingerprint density at radius 3 is 2.89 bits per heavy atom. The van der Waals surface area contributed by atoms with Gasteiger partial charge in [-0.3, -0.25) is 0 Å². The summed E-state index contributed by atoms with van der Waals surface area (Å²) in [7, 11) is 0. The molecule has 96 valence electrons. The Balaban J connectivity index is 2.08. The second-order valence-electron chi connectivity index (χ2n) is 4.14. The Bertz CT molecular complexity index is 506. The number of nitrogens with two attached hydrogens (primary N) is 1. The Morgan fingerprint density at radius 1 is 1.39 bits per heavy atom. The Kier molecular flexibility index (Phi) is 4.15. The highest BCUT2D eigenvalue weighted by Gasteiger charge is 2.07. The van der Waals surface area contributed by atoms with Gasteiger partial charge in [0.15, 0.2) is 5.82 Å². The largest absolute Gasteiger partial charge is 0.368 e. The highest BCUT2D eigenvalue weighted by Crippen LogP contribution is 2.10. The van der Waals surface area contributed by atoms with Crippen LogP contribution in [-0.4, -0.2) is 19.7 Å². The summed E-state index contributed by atoms with van der Waals surface area (Å²) in [6.45, 7) is 2.70. The van der Waals surface area contributed by atoms with Crippen molar-refractivity contribution in [2.24, 2.45) is 0 Å². The van der Waals surface area contributed by atoms with Crippen LogP contribution < -0.4 is 5.73 Å². The van der Waals surface area contributed by atoms with E-state index in [0.29, 0.717) is 17.6 Å². The molecule has 0 fully saturated rings. The van der Waals surface area contributed by atoms with Crippen molar-refractivity contribution in [1.82, 2.24) is 19.7 Å². The van der Waals surface area contributed by atoms with Gasteiger partial charge in [-0.25, -0.2) is 9.67 Å². The standard InChI is InChI=1S/C12H16ClN5/c1-2-3-4-11-16-12(14)18(17-11)8-9-5-6-10(13)15-7-9/h5-7H,2-4,8H2,1H3,(H2,14,16,17). The van der Waals surface area contributed by atoms with Crippen LogP contribution in [0.2, 0.25) is 5.15 Å². The number of aryl methyl sites for hydroxylation is 1. The van der Waals surface area contributed by atoms with Gasteiger partial charge in [-0.1, -0.05) is 31.0 Å². The molecule has 0 aliphatic rings. The quantitative estimate of drug-likeness (QED) is 0.842. The van der Waals surface area contributed by atoms with Gasteiger partial charge >= 0.3 is 0 Å². The predicted molar refractivity (Wildman–Crippen MR) is 71.4 cm³/mol. The topological polar surface area (TPSA) is 69.6 Å². The third-order valence-electron chi connectivity index (χ3n) is 2.62. The zero-order valence-corrected chi connectivity index (χ0v) is 11.1. The van der Waals surface area contributed by atoms with Crippen LogP contribution in [0.5, 0.6) is 0 Å². The number of nitrogens with zero attached hydrogens (tertiary/aromatic N) is 4. The Morgan fingerprint density at radius 2 is 2.22 bits per heavy atom. The molecule has 2 N–H and O–H groups in total. The number of hydrogen-bond acceptors (Lipinski definition) is 4. The summed E-state index contributed by atoms with van der Waals surface area (Å²) in [5.74, 6) is 1.24. The third kappa shape index (κ3) is 3.20. The monoisotopic (exact) mass is 265 g/mol. The van der Waals surface area contributed by atoms with E-state index in [1.165, 1.54) is 0 Å². The molecule has 2 aromatic heterocycles. The molecule has 2 heterocycles. The summed E-state index contributed by atoms with van der Waals surface area (Å²) < 4.78 is 1.69. The first-order valence-corrected chi connectivity index (χ1v) is 6.36. The number of nitrogen functional groups attached to an aromatic ring is 1. The molecule has 2 aromatic rings. The van der Waals surface area contributed by atoms with Crippen LogP contribution >= 0.6 is 11.6 Å². The van der Waals surface area contributed by atoms with Crippen LogP contribution in [0.25, 0.3) is 0 Å². The molecule has 5 nitrogen and oxygen atoms in total. The van der Waals surface area contributed by atoms with Crippen LogP contribution in [0.15, 0.2) is 18.3 Å². The van der Waals surface area contributed by atoms with Gasteiger partial charge in [0.05, 0.1) is 6.54 Å². The molecule has 0 aliphatic heterocycles. The Labute approximate surface area is 111 Å². The minimum Gasteiger partial charge on any atom is -0.368 e. The van der Waals surface area contributed by atoms with Crippen molar-refractivity contribution >= 4 is 17.5 Å². The fourth-order valence-corrected chi connectivity index (χ4v) is 1.74. The summed E-state index contributed by atoms with van der Waals surface area (Å²) in [5.41, 5.74) is 6.83. The molecule has 0 saturated heterocycles. The number of halogens is 1. The molecule has 0 unspecified atom stereocenters. The first kappa shape index (κ1) is 12.8. The van der Waals surface area contributed by atoms with E-state index < -0.39 is 0 Å². The zero-order chi connectivity index (χ0) is 13.0. The minimum absolute atomic E-state index is 0.441. The van der Waals surface area contributed by atoms with E-state index >= 15 is 0 Å². The highest BCUT2D eigenvalue weighted by molar-refractivity contribution is 6.29.